The molecule has 1 amide bonds. The van der Waals surface area contributed by atoms with Crippen LogP contribution in [0.4, 0.5) is 0 Å². The van der Waals surface area contributed by atoms with Gasteiger partial charge in [-0.3, -0.25) is 4.79 Å². The number of hydrogen-bond acceptors (Lipinski definition) is 5. The third-order valence-corrected chi connectivity index (χ3v) is 6.51. The van der Waals surface area contributed by atoms with E-state index in [0.717, 1.165) is 24.0 Å². The molecule has 1 saturated heterocycles. The molecule has 1 aliphatic heterocycles. The molecule has 9 heteroatoms. The first-order valence-electron chi connectivity index (χ1n) is 9.05. The Hall–Kier alpha value is -2.26. The van der Waals surface area contributed by atoms with Crippen molar-refractivity contribution in [1.29, 1.82) is 0 Å². The van der Waals surface area contributed by atoms with Gasteiger partial charge in [-0.05, 0) is 49.9 Å². The minimum atomic E-state index is -3.60. The zero-order valence-corrected chi connectivity index (χ0v) is 16.4. The number of carbonyl (C=O) groups is 1. The summed E-state index contributed by atoms with van der Waals surface area (Å²) in [7, 11) is -3.60. The second kappa shape index (κ2) is 8.18. The number of nitrogens with one attached hydrogen (secondary N) is 1. The van der Waals surface area contributed by atoms with E-state index in [1.807, 2.05) is 18.5 Å². The van der Waals surface area contributed by atoms with Gasteiger partial charge in [0.05, 0.1) is 10.9 Å². The van der Waals surface area contributed by atoms with E-state index in [0.29, 0.717) is 13.1 Å². The van der Waals surface area contributed by atoms with Crippen molar-refractivity contribution < 1.29 is 13.2 Å². The van der Waals surface area contributed by atoms with E-state index in [-0.39, 0.29) is 29.8 Å². The number of amides is 1. The second-order valence-electron chi connectivity index (χ2n) is 6.88. The maximum atomic E-state index is 12.4. The van der Waals surface area contributed by atoms with E-state index in [9.17, 15) is 13.2 Å². The minimum Gasteiger partial charge on any atom is -0.343 e. The largest absolute Gasteiger partial charge is 0.343 e. The van der Waals surface area contributed by atoms with Crippen molar-refractivity contribution in [3.05, 3.63) is 42.0 Å². The summed E-state index contributed by atoms with van der Waals surface area (Å²) in [6, 6.07) is 5.28. The van der Waals surface area contributed by atoms with Gasteiger partial charge in [0.1, 0.15) is 12.7 Å². The number of piperidine rings is 1. The lowest BCUT2D eigenvalue weighted by molar-refractivity contribution is -0.132. The van der Waals surface area contributed by atoms with Crippen molar-refractivity contribution in [3.63, 3.8) is 0 Å². The molecule has 1 fully saturated rings. The van der Waals surface area contributed by atoms with Crippen molar-refractivity contribution >= 4 is 15.9 Å². The van der Waals surface area contributed by atoms with Gasteiger partial charge in [0.2, 0.25) is 15.9 Å². The van der Waals surface area contributed by atoms with Gasteiger partial charge in [-0.1, -0.05) is 6.07 Å². The molecular formula is C18H25N5O3S. The number of nitrogens with zero attached hydrogens (tertiary/aromatic N) is 4. The predicted molar refractivity (Wildman–Crippen MR) is 101 cm³/mol. The summed E-state index contributed by atoms with van der Waals surface area (Å²) < 4.78 is 29.1. The van der Waals surface area contributed by atoms with Gasteiger partial charge in [0.15, 0.2) is 0 Å². The Labute approximate surface area is 159 Å². The number of hydrogen-bond donors (Lipinski definition) is 1. The molecule has 2 aromatic rings. The highest BCUT2D eigenvalue weighted by atomic mass is 32.2. The maximum Gasteiger partial charge on any atom is 0.240 e. The van der Waals surface area contributed by atoms with Crippen molar-refractivity contribution in [2.24, 2.45) is 0 Å². The van der Waals surface area contributed by atoms with Gasteiger partial charge in [-0.2, -0.15) is 5.10 Å². The molecule has 0 saturated carbocycles. The van der Waals surface area contributed by atoms with Crippen LogP contribution in [0, 0.1) is 13.8 Å². The Kier molecular flexibility index (Phi) is 5.91. The number of sulfonamides is 1. The summed E-state index contributed by atoms with van der Waals surface area (Å²) in [5, 5.41) is 4.15. The third kappa shape index (κ3) is 4.72. The quantitative estimate of drug-likeness (QED) is 0.803. The monoisotopic (exact) mass is 391 g/mol. The number of aromatic nitrogens is 3. The molecule has 27 heavy (non-hydrogen) atoms. The first-order chi connectivity index (χ1) is 12.9. The van der Waals surface area contributed by atoms with Gasteiger partial charge in [-0.25, -0.2) is 22.8 Å². The van der Waals surface area contributed by atoms with Crippen LogP contribution in [-0.4, -0.2) is 53.6 Å². The van der Waals surface area contributed by atoms with Crippen molar-refractivity contribution in [1.82, 2.24) is 24.4 Å². The maximum absolute atomic E-state index is 12.4. The lowest BCUT2D eigenvalue weighted by Gasteiger charge is -2.32. The van der Waals surface area contributed by atoms with Gasteiger partial charge >= 0.3 is 0 Å². The van der Waals surface area contributed by atoms with E-state index in [1.165, 1.54) is 6.33 Å². The summed E-state index contributed by atoms with van der Waals surface area (Å²) in [4.78, 5) is 18.3. The smallest absolute Gasteiger partial charge is 0.240 e. The zero-order valence-electron chi connectivity index (χ0n) is 15.6. The summed E-state index contributed by atoms with van der Waals surface area (Å²) >= 11 is 0. The molecule has 0 aliphatic carbocycles. The van der Waals surface area contributed by atoms with E-state index >= 15 is 0 Å². The normalized spacial score (nSPS) is 15.9. The van der Waals surface area contributed by atoms with E-state index < -0.39 is 10.0 Å². The van der Waals surface area contributed by atoms with Gasteiger partial charge < -0.3 is 4.90 Å². The number of likely N-dealkylation sites (tertiary alicyclic amines) is 1. The molecule has 1 aromatic heterocycles. The second-order valence-corrected chi connectivity index (χ2v) is 8.65. The number of aryl methyl sites for hydroxylation is 2. The average molecular weight is 391 g/mol. The molecule has 0 radical (unpaired) electrons. The van der Waals surface area contributed by atoms with Crippen LogP contribution in [0.1, 0.15) is 36.4 Å². The van der Waals surface area contributed by atoms with Gasteiger partial charge in [0, 0.05) is 26.1 Å². The highest BCUT2D eigenvalue weighted by Crippen LogP contribution is 2.21. The van der Waals surface area contributed by atoms with Crippen molar-refractivity contribution in [2.45, 2.75) is 44.0 Å². The molecule has 8 nitrogen and oxygen atoms in total. The van der Waals surface area contributed by atoms with E-state index in [1.54, 1.807) is 29.4 Å². The SMILES string of the molecule is Cc1ccc(S(=O)(=O)NCCC(=O)N2CCC(n3cncn3)CC2)cc1C. The Morgan fingerprint density at radius 3 is 2.59 bits per heavy atom. The Morgan fingerprint density at radius 2 is 1.96 bits per heavy atom. The number of rotatable bonds is 6. The third-order valence-electron chi connectivity index (χ3n) is 5.05. The van der Waals surface area contributed by atoms with Crippen LogP contribution in [0.3, 0.4) is 0 Å². The first-order valence-corrected chi connectivity index (χ1v) is 10.5. The summed E-state index contributed by atoms with van der Waals surface area (Å²) in [5.41, 5.74) is 1.96. The number of carbonyl (C=O) groups excluding carboxylic acids is 1. The molecule has 1 N–H and O–H groups in total. The molecule has 0 spiro atoms. The fourth-order valence-corrected chi connectivity index (χ4v) is 4.32. The van der Waals surface area contributed by atoms with Crippen LogP contribution in [0.25, 0.3) is 0 Å². The van der Waals surface area contributed by atoms with E-state index in [4.69, 9.17) is 0 Å². The van der Waals surface area contributed by atoms with Crippen LogP contribution in [0.15, 0.2) is 35.7 Å². The zero-order chi connectivity index (χ0) is 19.4. The minimum absolute atomic E-state index is 0.0326. The van der Waals surface area contributed by atoms with Crippen molar-refractivity contribution in [3.8, 4) is 0 Å². The fourth-order valence-electron chi connectivity index (χ4n) is 3.20. The standard InChI is InChI=1S/C18H25N5O3S/c1-14-3-4-17(11-15(14)2)27(25,26)21-8-5-18(24)22-9-6-16(7-10-22)23-13-19-12-20-23/h3-4,11-13,16,21H,5-10H2,1-2H3. The Morgan fingerprint density at radius 1 is 1.22 bits per heavy atom. The van der Waals surface area contributed by atoms with Gasteiger partial charge in [0.25, 0.3) is 0 Å². The fraction of sp³-hybridized carbons (Fsp3) is 0.500. The molecule has 0 atom stereocenters. The molecule has 1 aromatic carbocycles. The summed E-state index contributed by atoms with van der Waals surface area (Å²) in [6.07, 6.45) is 5.01. The molecule has 3 rings (SSSR count). The van der Waals surface area contributed by atoms with Crippen LogP contribution in [0.2, 0.25) is 0 Å². The molecule has 2 heterocycles. The van der Waals surface area contributed by atoms with Crippen LogP contribution in [-0.2, 0) is 14.8 Å². The Balaban J connectivity index is 1.47. The predicted octanol–water partition coefficient (Wildman–Crippen LogP) is 1.43. The molecule has 1 aliphatic rings. The van der Waals surface area contributed by atoms with E-state index in [2.05, 4.69) is 14.8 Å². The summed E-state index contributed by atoms with van der Waals surface area (Å²) in [6.45, 7) is 5.20. The molecule has 146 valence electrons. The van der Waals surface area contributed by atoms with Crippen molar-refractivity contribution in [2.75, 3.05) is 19.6 Å². The molecule has 0 bridgehead atoms. The highest BCUT2D eigenvalue weighted by Gasteiger charge is 2.24. The average Bonchev–Trinajstić information content (AvgIpc) is 3.18. The first kappa shape index (κ1) is 19.5. The number of benzene rings is 1. The van der Waals surface area contributed by atoms with Crippen LogP contribution in [0.5, 0.6) is 0 Å². The molecular weight excluding hydrogens is 366 g/mol. The topological polar surface area (TPSA) is 97.2 Å². The van der Waals surface area contributed by atoms with Gasteiger partial charge in [-0.15, -0.1) is 0 Å². The van der Waals surface area contributed by atoms with Crippen LogP contribution < -0.4 is 4.72 Å². The Bertz CT molecular complexity index is 888. The van der Waals surface area contributed by atoms with Crippen LogP contribution >= 0.6 is 0 Å². The molecule has 0 unspecified atom stereocenters. The summed E-state index contributed by atoms with van der Waals surface area (Å²) in [5.74, 6) is -0.0326. The highest BCUT2D eigenvalue weighted by molar-refractivity contribution is 7.89. The lowest BCUT2D eigenvalue weighted by atomic mass is 10.1. The lowest BCUT2D eigenvalue weighted by Crippen LogP contribution is -2.40.